The van der Waals surface area contributed by atoms with E-state index < -0.39 is 11.9 Å². The van der Waals surface area contributed by atoms with Crippen LogP contribution in [0.5, 0.6) is 0 Å². The molecule has 0 spiro atoms. The van der Waals surface area contributed by atoms with Gasteiger partial charge in [0.25, 0.3) is 5.91 Å². The number of aromatic nitrogens is 2. The Kier molecular flexibility index (Phi) is 5.03. The number of nitrogens with zero attached hydrogens (tertiary/aromatic N) is 3. The number of oxime groups is 1. The molecular formula is C16H16N4O5. The molecule has 1 aliphatic carbocycles. The number of aryl methyl sites for hydroxylation is 1. The van der Waals surface area contributed by atoms with E-state index in [9.17, 15) is 9.59 Å². The average molecular weight is 344 g/mol. The summed E-state index contributed by atoms with van der Waals surface area (Å²) < 4.78 is 9.37. The van der Waals surface area contributed by atoms with Crippen LogP contribution in [-0.2, 0) is 20.8 Å². The van der Waals surface area contributed by atoms with Gasteiger partial charge < -0.3 is 14.9 Å². The van der Waals surface area contributed by atoms with Crippen molar-refractivity contribution in [1.29, 1.82) is 0 Å². The Morgan fingerprint density at radius 1 is 1.28 bits per heavy atom. The van der Waals surface area contributed by atoms with E-state index in [4.69, 9.17) is 9.47 Å². The van der Waals surface area contributed by atoms with Gasteiger partial charge in [0, 0.05) is 0 Å². The summed E-state index contributed by atoms with van der Waals surface area (Å²) >= 11 is 0. The molecule has 9 nitrogen and oxygen atoms in total. The van der Waals surface area contributed by atoms with Crippen molar-refractivity contribution in [2.45, 2.75) is 19.3 Å². The average Bonchev–Trinajstić information content (AvgIpc) is 3.11. The number of para-hydroxylation sites is 1. The van der Waals surface area contributed by atoms with Gasteiger partial charge in [-0.15, -0.1) is 0 Å². The van der Waals surface area contributed by atoms with Crippen LogP contribution in [0.1, 0.15) is 34.6 Å². The zero-order valence-electron chi connectivity index (χ0n) is 13.5. The van der Waals surface area contributed by atoms with Gasteiger partial charge in [0.1, 0.15) is 11.4 Å². The molecule has 0 fully saturated rings. The number of hydrogen-bond donors (Lipinski definition) is 1. The highest BCUT2D eigenvalue weighted by molar-refractivity contribution is 6.02. The molecule has 0 aliphatic heterocycles. The summed E-state index contributed by atoms with van der Waals surface area (Å²) in [6.07, 6.45) is 2.32. The van der Waals surface area contributed by atoms with E-state index in [0.29, 0.717) is 23.5 Å². The Balaban J connectivity index is 1.60. The number of carbonyl (C=O) groups is 2. The zero-order chi connectivity index (χ0) is 17.6. The van der Waals surface area contributed by atoms with Gasteiger partial charge in [-0.3, -0.25) is 4.79 Å². The van der Waals surface area contributed by atoms with Gasteiger partial charge in [0.2, 0.25) is 0 Å². The molecule has 1 aromatic heterocycles. The Labute approximate surface area is 142 Å². The molecule has 2 aromatic rings. The van der Waals surface area contributed by atoms with E-state index in [1.807, 2.05) is 0 Å². The lowest BCUT2D eigenvalue weighted by Crippen LogP contribution is -2.20. The fourth-order valence-electron chi connectivity index (χ4n) is 2.46. The molecule has 1 amide bonds. The molecule has 1 heterocycles. The van der Waals surface area contributed by atoms with Crippen molar-refractivity contribution < 1.29 is 23.8 Å². The third kappa shape index (κ3) is 3.82. The number of rotatable bonds is 5. The van der Waals surface area contributed by atoms with Crippen molar-refractivity contribution in [2.24, 2.45) is 5.16 Å². The molecule has 0 saturated heterocycles. The summed E-state index contributed by atoms with van der Waals surface area (Å²) in [5, 5.41) is 14.1. The van der Waals surface area contributed by atoms with Crippen LogP contribution in [-0.4, -0.2) is 41.6 Å². The first-order valence-electron chi connectivity index (χ1n) is 7.67. The third-order valence-corrected chi connectivity index (χ3v) is 3.63. The number of ether oxygens (including phenoxy) is 1. The van der Waals surface area contributed by atoms with E-state index in [1.165, 1.54) is 7.11 Å². The summed E-state index contributed by atoms with van der Waals surface area (Å²) in [6, 6.07) is 6.54. The molecule has 0 unspecified atom stereocenters. The molecule has 0 saturated carbocycles. The number of fused-ring (bicyclic) bond motifs is 1. The molecule has 0 atom stereocenters. The number of carbonyl (C=O) groups excluding carboxylic acids is 2. The SMILES string of the molecule is COC(=O)c1ccccc1NC(=O)CO/N=C1/CCCc2nonc21. The van der Waals surface area contributed by atoms with Crippen LogP contribution >= 0.6 is 0 Å². The van der Waals surface area contributed by atoms with Crippen molar-refractivity contribution in [2.75, 3.05) is 19.0 Å². The monoisotopic (exact) mass is 344 g/mol. The molecule has 3 rings (SSSR count). The van der Waals surface area contributed by atoms with Crippen LogP contribution in [0.4, 0.5) is 5.69 Å². The standard InChI is InChI=1S/C16H16N4O5/c1-23-16(22)10-5-2-3-6-11(10)17-14(21)9-24-18-12-7-4-8-13-15(12)20-25-19-13/h2-3,5-6H,4,7-9H2,1H3,(H,17,21)/b18-12-. The Morgan fingerprint density at radius 3 is 2.96 bits per heavy atom. The van der Waals surface area contributed by atoms with Crippen molar-refractivity contribution in [1.82, 2.24) is 10.3 Å². The highest BCUT2D eigenvalue weighted by atomic mass is 16.6. The van der Waals surface area contributed by atoms with Crippen LogP contribution < -0.4 is 5.32 Å². The molecule has 1 N–H and O–H groups in total. The number of nitrogens with one attached hydrogen (secondary N) is 1. The van der Waals surface area contributed by atoms with Crippen LogP contribution in [0.2, 0.25) is 0 Å². The van der Waals surface area contributed by atoms with Crippen molar-refractivity contribution in [3.8, 4) is 0 Å². The second-order valence-corrected chi connectivity index (χ2v) is 5.31. The maximum atomic E-state index is 12.0. The molecule has 1 aliphatic rings. The summed E-state index contributed by atoms with van der Waals surface area (Å²) in [4.78, 5) is 28.8. The first kappa shape index (κ1) is 16.6. The minimum Gasteiger partial charge on any atom is -0.465 e. The zero-order valence-corrected chi connectivity index (χ0v) is 13.5. The predicted molar refractivity (Wildman–Crippen MR) is 86.1 cm³/mol. The summed E-state index contributed by atoms with van der Waals surface area (Å²) in [6.45, 7) is -0.306. The Hall–Kier alpha value is -3.23. The van der Waals surface area contributed by atoms with Crippen molar-refractivity contribution in [3.63, 3.8) is 0 Å². The van der Waals surface area contributed by atoms with E-state index in [-0.39, 0.29) is 12.2 Å². The van der Waals surface area contributed by atoms with Crippen LogP contribution in [0.15, 0.2) is 34.1 Å². The van der Waals surface area contributed by atoms with Gasteiger partial charge in [-0.1, -0.05) is 22.4 Å². The first-order valence-corrected chi connectivity index (χ1v) is 7.67. The van der Waals surface area contributed by atoms with Crippen LogP contribution in [0.3, 0.4) is 0 Å². The number of esters is 1. The minimum absolute atomic E-state index is 0.259. The summed E-state index contributed by atoms with van der Waals surface area (Å²) in [5.74, 6) is -0.986. The maximum absolute atomic E-state index is 12.0. The van der Waals surface area contributed by atoms with Gasteiger partial charge in [0.05, 0.1) is 18.4 Å². The molecule has 0 bridgehead atoms. The highest BCUT2D eigenvalue weighted by Crippen LogP contribution is 2.18. The molecular weight excluding hydrogens is 328 g/mol. The lowest BCUT2D eigenvalue weighted by atomic mass is 9.99. The normalized spacial score (nSPS) is 14.7. The summed E-state index contributed by atoms with van der Waals surface area (Å²) in [5.41, 5.74) is 2.52. The largest absolute Gasteiger partial charge is 0.465 e. The number of anilines is 1. The van der Waals surface area contributed by atoms with Crippen LogP contribution in [0, 0.1) is 0 Å². The van der Waals surface area contributed by atoms with Gasteiger partial charge in [-0.25, -0.2) is 9.42 Å². The number of amides is 1. The van der Waals surface area contributed by atoms with E-state index in [2.05, 4.69) is 25.5 Å². The van der Waals surface area contributed by atoms with Gasteiger partial charge in [0.15, 0.2) is 12.3 Å². The molecule has 130 valence electrons. The molecule has 0 radical (unpaired) electrons. The van der Waals surface area contributed by atoms with E-state index in [1.54, 1.807) is 24.3 Å². The van der Waals surface area contributed by atoms with Gasteiger partial charge in [-0.2, -0.15) is 0 Å². The Morgan fingerprint density at radius 2 is 2.12 bits per heavy atom. The fourth-order valence-corrected chi connectivity index (χ4v) is 2.46. The first-order chi connectivity index (χ1) is 12.2. The fraction of sp³-hybridized carbons (Fsp3) is 0.312. The maximum Gasteiger partial charge on any atom is 0.339 e. The van der Waals surface area contributed by atoms with Gasteiger partial charge >= 0.3 is 5.97 Å². The molecule has 1 aromatic carbocycles. The lowest BCUT2D eigenvalue weighted by Gasteiger charge is -2.10. The highest BCUT2D eigenvalue weighted by Gasteiger charge is 2.22. The Bertz CT molecular complexity index is 814. The molecule has 25 heavy (non-hydrogen) atoms. The second-order valence-electron chi connectivity index (χ2n) is 5.31. The minimum atomic E-state index is -0.537. The number of methoxy groups -OCH3 is 1. The smallest absolute Gasteiger partial charge is 0.339 e. The van der Waals surface area contributed by atoms with Gasteiger partial charge in [-0.05, 0) is 36.6 Å². The summed E-state index contributed by atoms with van der Waals surface area (Å²) in [7, 11) is 1.28. The second kappa shape index (κ2) is 7.56. The third-order valence-electron chi connectivity index (χ3n) is 3.63. The number of benzene rings is 1. The van der Waals surface area contributed by atoms with Crippen molar-refractivity contribution in [3.05, 3.63) is 41.2 Å². The number of hydrogen-bond acceptors (Lipinski definition) is 8. The molecule has 9 heteroatoms. The van der Waals surface area contributed by atoms with E-state index >= 15 is 0 Å². The topological polar surface area (TPSA) is 116 Å². The lowest BCUT2D eigenvalue weighted by molar-refractivity contribution is -0.120. The van der Waals surface area contributed by atoms with E-state index in [0.717, 1.165) is 18.5 Å². The van der Waals surface area contributed by atoms with Crippen LogP contribution in [0.25, 0.3) is 0 Å². The van der Waals surface area contributed by atoms with Crippen molar-refractivity contribution >= 4 is 23.3 Å². The predicted octanol–water partition coefficient (Wildman–Crippen LogP) is 1.55. The quantitative estimate of drug-likeness (QED) is 0.646.